The summed E-state index contributed by atoms with van der Waals surface area (Å²) in [5.41, 5.74) is 10.7. The zero-order chi connectivity index (χ0) is 8.55. The Kier molecular flexibility index (Phi) is 1.17. The second-order valence-corrected chi connectivity index (χ2v) is 1.95. The summed E-state index contributed by atoms with van der Waals surface area (Å²) in [5.74, 6) is 0.392. The minimum absolute atomic E-state index is 0.0669. The summed E-state index contributed by atoms with van der Waals surface area (Å²) in [5, 5.41) is 16.6. The van der Waals surface area contributed by atoms with Crippen molar-refractivity contribution in [2.45, 2.75) is 0 Å². The average molecular weight is 167 g/mol. The van der Waals surface area contributed by atoms with Gasteiger partial charge in [0.05, 0.1) is 0 Å². The number of hydrogen-bond donors (Lipinski definition) is 3. The number of nitrogen functional groups attached to an aromatic ring is 2. The molecule has 0 atom stereocenters. The second-order valence-electron chi connectivity index (χ2n) is 1.95. The normalized spacial score (nSPS) is 10.3. The molecule has 0 bridgehead atoms. The number of nitrogens with zero attached hydrogens (tertiary/aromatic N) is 6. The largest absolute Gasteiger partial charge is 0.368 e. The Labute approximate surface area is 65.8 Å². The molecule has 0 spiro atoms. The van der Waals surface area contributed by atoms with Crippen LogP contribution in [0.5, 0.6) is 0 Å². The predicted octanol–water partition coefficient (Wildman–Crippen LogP) is -2.06. The molecule has 2 rings (SSSR count). The second kappa shape index (κ2) is 2.15. The van der Waals surface area contributed by atoms with Crippen molar-refractivity contribution in [3.63, 3.8) is 0 Å². The van der Waals surface area contributed by atoms with E-state index in [9.17, 15) is 0 Å². The Bertz CT molecular complexity index is 370. The van der Waals surface area contributed by atoms with Crippen LogP contribution in [0.25, 0.3) is 5.95 Å². The lowest BCUT2D eigenvalue weighted by Crippen LogP contribution is -2.04. The van der Waals surface area contributed by atoms with Gasteiger partial charge in [0.25, 0.3) is 5.95 Å². The lowest BCUT2D eigenvalue weighted by atomic mass is 10.9. The zero-order valence-electron chi connectivity index (χ0n) is 5.84. The molecule has 2 aromatic rings. The first-order chi connectivity index (χ1) is 5.77. The number of rotatable bonds is 1. The smallest absolute Gasteiger partial charge is 0.293 e. The van der Waals surface area contributed by atoms with E-state index < -0.39 is 0 Å². The first-order valence-corrected chi connectivity index (χ1v) is 2.99. The Morgan fingerprint density at radius 2 is 2.17 bits per heavy atom. The summed E-state index contributed by atoms with van der Waals surface area (Å²) in [6.07, 6.45) is 0. The van der Waals surface area contributed by atoms with Crippen LogP contribution < -0.4 is 11.5 Å². The van der Waals surface area contributed by atoms with Crippen molar-refractivity contribution in [3.05, 3.63) is 0 Å². The van der Waals surface area contributed by atoms with Crippen LogP contribution in [0.3, 0.4) is 0 Å². The molecule has 0 saturated carbocycles. The van der Waals surface area contributed by atoms with Crippen LogP contribution in [0.4, 0.5) is 11.9 Å². The van der Waals surface area contributed by atoms with E-state index in [1.165, 1.54) is 4.68 Å². The Morgan fingerprint density at radius 3 is 2.67 bits per heavy atom. The molecule has 0 aliphatic rings. The highest BCUT2D eigenvalue weighted by Crippen LogP contribution is 2.04. The minimum atomic E-state index is 0.0669. The number of hydrogen-bond acceptors (Lipinski definition) is 7. The fraction of sp³-hybridized carbons (Fsp3) is 0. The molecule has 0 aromatic carbocycles. The molecule has 0 aliphatic carbocycles. The quantitative estimate of drug-likeness (QED) is 0.444. The van der Waals surface area contributed by atoms with E-state index >= 15 is 0 Å². The molecule has 0 radical (unpaired) electrons. The molecule has 0 fully saturated rings. The molecule has 12 heavy (non-hydrogen) atoms. The predicted molar refractivity (Wildman–Crippen MR) is 37.9 cm³/mol. The van der Waals surface area contributed by atoms with Gasteiger partial charge in [-0.3, -0.25) is 0 Å². The summed E-state index contributed by atoms with van der Waals surface area (Å²) in [6.45, 7) is 0. The van der Waals surface area contributed by atoms with E-state index in [1.54, 1.807) is 0 Å². The van der Waals surface area contributed by atoms with Gasteiger partial charge in [-0.25, -0.2) is 0 Å². The molecule has 2 heterocycles. The highest BCUT2D eigenvalue weighted by atomic mass is 15.6. The highest BCUT2D eigenvalue weighted by molar-refractivity contribution is 5.31. The molecule has 5 N–H and O–H groups in total. The topological polar surface area (TPSA) is 137 Å². The van der Waals surface area contributed by atoms with Gasteiger partial charge in [-0.1, -0.05) is 5.10 Å². The van der Waals surface area contributed by atoms with Crippen molar-refractivity contribution < 1.29 is 0 Å². The Morgan fingerprint density at radius 1 is 1.33 bits per heavy atom. The van der Waals surface area contributed by atoms with E-state index in [4.69, 9.17) is 11.5 Å². The van der Waals surface area contributed by atoms with E-state index in [1.807, 2.05) is 0 Å². The van der Waals surface area contributed by atoms with Crippen molar-refractivity contribution in [2.24, 2.45) is 0 Å². The molecule has 9 heteroatoms. The van der Waals surface area contributed by atoms with Crippen LogP contribution in [-0.2, 0) is 0 Å². The van der Waals surface area contributed by atoms with E-state index in [0.717, 1.165) is 0 Å². The molecule has 0 unspecified atom stereocenters. The lowest BCUT2D eigenvalue weighted by Gasteiger charge is -1.90. The van der Waals surface area contributed by atoms with E-state index in [-0.39, 0.29) is 17.8 Å². The first kappa shape index (κ1) is 6.52. The van der Waals surface area contributed by atoms with Gasteiger partial charge in [-0.05, 0) is 5.21 Å². The maximum absolute atomic E-state index is 5.42. The monoisotopic (exact) mass is 167 g/mol. The number of nitrogens with one attached hydrogen (secondary N) is 1. The van der Waals surface area contributed by atoms with Crippen LogP contribution in [0.2, 0.25) is 0 Å². The van der Waals surface area contributed by atoms with Gasteiger partial charge >= 0.3 is 0 Å². The van der Waals surface area contributed by atoms with Crippen molar-refractivity contribution in [1.29, 1.82) is 0 Å². The lowest BCUT2D eigenvalue weighted by molar-refractivity contribution is 0.824. The van der Waals surface area contributed by atoms with E-state index in [0.29, 0.717) is 0 Å². The molecule has 0 aliphatic heterocycles. The third-order valence-corrected chi connectivity index (χ3v) is 1.17. The van der Waals surface area contributed by atoms with Crippen LogP contribution in [0, 0.1) is 0 Å². The fourth-order valence-electron chi connectivity index (χ4n) is 0.734. The number of tetrazole rings is 1. The standard InChI is InChI=1S/C3H5N9/c4-1-6-2(5)12(9-1)3-7-10-11-8-3/h(H4,4,5,6,9)(H,7,8,10,11). The third kappa shape index (κ3) is 0.836. The molecular weight excluding hydrogens is 162 g/mol. The summed E-state index contributed by atoms with van der Waals surface area (Å²) < 4.78 is 1.18. The minimum Gasteiger partial charge on any atom is -0.368 e. The van der Waals surface area contributed by atoms with Crippen molar-refractivity contribution >= 4 is 11.9 Å². The van der Waals surface area contributed by atoms with Crippen molar-refractivity contribution in [1.82, 2.24) is 35.4 Å². The number of H-pyrrole nitrogens is 1. The Balaban J connectivity index is 2.54. The van der Waals surface area contributed by atoms with Gasteiger partial charge < -0.3 is 11.5 Å². The SMILES string of the molecule is Nc1nc(N)n(-c2nn[nH]n2)n1. The summed E-state index contributed by atoms with van der Waals surface area (Å²) in [4.78, 5) is 3.65. The van der Waals surface area contributed by atoms with Gasteiger partial charge in [-0.15, -0.1) is 10.2 Å². The number of aromatic amines is 1. The van der Waals surface area contributed by atoms with Crippen molar-refractivity contribution in [2.75, 3.05) is 11.5 Å². The molecular formula is C3H5N9. The molecule has 2 aromatic heterocycles. The van der Waals surface area contributed by atoms with Gasteiger partial charge in [0, 0.05) is 0 Å². The van der Waals surface area contributed by atoms with E-state index in [2.05, 4.69) is 30.7 Å². The van der Waals surface area contributed by atoms with Crippen molar-refractivity contribution in [3.8, 4) is 5.95 Å². The van der Waals surface area contributed by atoms with Crippen LogP contribution in [-0.4, -0.2) is 35.4 Å². The van der Waals surface area contributed by atoms with Gasteiger partial charge in [0.15, 0.2) is 0 Å². The van der Waals surface area contributed by atoms with Gasteiger partial charge in [0.1, 0.15) is 0 Å². The Hall–Kier alpha value is -2.19. The zero-order valence-corrected chi connectivity index (χ0v) is 5.84. The number of nitrogens with two attached hydrogens (primary N) is 2. The number of anilines is 2. The average Bonchev–Trinajstić information content (AvgIpc) is 2.58. The molecule has 62 valence electrons. The summed E-state index contributed by atoms with van der Waals surface area (Å²) >= 11 is 0. The van der Waals surface area contributed by atoms with Crippen LogP contribution in [0.1, 0.15) is 0 Å². The van der Waals surface area contributed by atoms with Gasteiger partial charge in [0.2, 0.25) is 11.9 Å². The number of aromatic nitrogens is 7. The van der Waals surface area contributed by atoms with Gasteiger partial charge in [-0.2, -0.15) is 14.9 Å². The first-order valence-electron chi connectivity index (χ1n) is 2.99. The molecule has 9 nitrogen and oxygen atoms in total. The summed E-state index contributed by atoms with van der Waals surface area (Å²) in [6, 6.07) is 0. The molecule has 0 amide bonds. The fourth-order valence-corrected chi connectivity index (χ4v) is 0.734. The highest BCUT2D eigenvalue weighted by Gasteiger charge is 2.09. The third-order valence-electron chi connectivity index (χ3n) is 1.17. The molecule has 0 saturated heterocycles. The maximum atomic E-state index is 5.42. The summed E-state index contributed by atoms with van der Waals surface area (Å²) in [7, 11) is 0. The maximum Gasteiger partial charge on any atom is 0.293 e. The van der Waals surface area contributed by atoms with Crippen LogP contribution in [0.15, 0.2) is 0 Å². The van der Waals surface area contributed by atoms with Crippen LogP contribution >= 0.6 is 0 Å².